The van der Waals surface area contributed by atoms with Crippen molar-refractivity contribution in [1.82, 2.24) is 5.43 Å². The maximum atomic E-state index is 5.88. The van der Waals surface area contributed by atoms with Crippen LogP contribution in [0, 0.1) is 5.92 Å². The van der Waals surface area contributed by atoms with Gasteiger partial charge in [-0.05, 0) is 28.9 Å². The standard InChI is InChI=1S/C18H30N2/c1-18(2,3)16-12-8-7-11-15(16)17(20-19)13-14-9-5-4-6-10-14/h7-8,11-12,14,17,20H,4-6,9-10,13,19H2,1-3H3. The van der Waals surface area contributed by atoms with E-state index in [1.54, 1.807) is 0 Å². The van der Waals surface area contributed by atoms with E-state index in [0.717, 1.165) is 5.92 Å². The van der Waals surface area contributed by atoms with Crippen LogP contribution in [0.5, 0.6) is 0 Å². The van der Waals surface area contributed by atoms with Crippen molar-refractivity contribution >= 4 is 0 Å². The maximum absolute atomic E-state index is 5.88. The van der Waals surface area contributed by atoms with Crippen LogP contribution >= 0.6 is 0 Å². The Bertz CT molecular complexity index is 414. The van der Waals surface area contributed by atoms with Crippen LogP contribution in [0.2, 0.25) is 0 Å². The lowest BCUT2D eigenvalue weighted by atomic mass is 9.78. The average Bonchev–Trinajstić information content (AvgIpc) is 2.45. The second-order valence-corrected chi connectivity index (χ2v) is 7.30. The van der Waals surface area contributed by atoms with Gasteiger partial charge in [0.15, 0.2) is 0 Å². The van der Waals surface area contributed by atoms with Gasteiger partial charge in [-0.1, -0.05) is 77.1 Å². The molecule has 0 aromatic heterocycles. The van der Waals surface area contributed by atoms with Crippen molar-refractivity contribution in [3.63, 3.8) is 0 Å². The van der Waals surface area contributed by atoms with Gasteiger partial charge in [-0.2, -0.15) is 0 Å². The molecule has 1 aliphatic carbocycles. The Kier molecular flexibility index (Phi) is 5.22. The molecule has 0 saturated heterocycles. The van der Waals surface area contributed by atoms with Crippen molar-refractivity contribution in [2.45, 2.75) is 70.8 Å². The highest BCUT2D eigenvalue weighted by molar-refractivity contribution is 5.35. The van der Waals surface area contributed by atoms with Gasteiger partial charge >= 0.3 is 0 Å². The fourth-order valence-electron chi connectivity index (χ4n) is 3.52. The van der Waals surface area contributed by atoms with Crippen LogP contribution in [0.15, 0.2) is 24.3 Å². The summed E-state index contributed by atoms with van der Waals surface area (Å²) in [5, 5.41) is 0. The largest absolute Gasteiger partial charge is 0.271 e. The Morgan fingerprint density at radius 2 is 1.80 bits per heavy atom. The molecule has 0 amide bonds. The third-order valence-electron chi connectivity index (χ3n) is 4.64. The Morgan fingerprint density at radius 3 is 2.40 bits per heavy atom. The molecule has 1 unspecified atom stereocenters. The van der Waals surface area contributed by atoms with Gasteiger partial charge in [0.1, 0.15) is 0 Å². The molecule has 112 valence electrons. The summed E-state index contributed by atoms with van der Waals surface area (Å²) < 4.78 is 0. The van der Waals surface area contributed by atoms with E-state index in [2.05, 4.69) is 50.5 Å². The third kappa shape index (κ3) is 3.83. The van der Waals surface area contributed by atoms with Crippen LogP contribution in [0.3, 0.4) is 0 Å². The van der Waals surface area contributed by atoms with Gasteiger partial charge < -0.3 is 0 Å². The van der Waals surface area contributed by atoms with Gasteiger partial charge in [-0.25, -0.2) is 0 Å². The molecule has 3 N–H and O–H groups in total. The molecule has 0 bridgehead atoms. The molecule has 20 heavy (non-hydrogen) atoms. The minimum atomic E-state index is 0.165. The number of hydrogen-bond acceptors (Lipinski definition) is 2. The van der Waals surface area contributed by atoms with E-state index in [1.165, 1.54) is 49.7 Å². The summed E-state index contributed by atoms with van der Waals surface area (Å²) in [4.78, 5) is 0. The average molecular weight is 274 g/mol. The number of rotatable bonds is 4. The zero-order valence-electron chi connectivity index (χ0n) is 13.3. The number of nitrogens with two attached hydrogens (primary N) is 1. The van der Waals surface area contributed by atoms with Gasteiger partial charge in [0.05, 0.1) is 0 Å². The van der Waals surface area contributed by atoms with Crippen molar-refractivity contribution in [3.05, 3.63) is 35.4 Å². The summed E-state index contributed by atoms with van der Waals surface area (Å²) in [5.41, 5.74) is 6.04. The smallest absolute Gasteiger partial charge is 0.0465 e. The summed E-state index contributed by atoms with van der Waals surface area (Å²) in [6.07, 6.45) is 8.11. The number of hydrogen-bond donors (Lipinski definition) is 2. The van der Waals surface area contributed by atoms with Crippen molar-refractivity contribution in [2.24, 2.45) is 11.8 Å². The molecule has 0 spiro atoms. The molecule has 0 heterocycles. The molecule has 1 aromatic carbocycles. The lowest BCUT2D eigenvalue weighted by Crippen LogP contribution is -2.32. The first-order chi connectivity index (χ1) is 9.52. The monoisotopic (exact) mass is 274 g/mol. The maximum Gasteiger partial charge on any atom is 0.0465 e. The summed E-state index contributed by atoms with van der Waals surface area (Å²) in [5.74, 6) is 6.72. The summed E-state index contributed by atoms with van der Waals surface area (Å²) in [6.45, 7) is 6.83. The van der Waals surface area contributed by atoms with Crippen LogP contribution in [-0.4, -0.2) is 0 Å². The van der Waals surface area contributed by atoms with Crippen LogP contribution in [-0.2, 0) is 5.41 Å². The fraction of sp³-hybridized carbons (Fsp3) is 0.667. The Balaban J connectivity index is 2.18. The highest BCUT2D eigenvalue weighted by Crippen LogP contribution is 2.35. The molecular weight excluding hydrogens is 244 g/mol. The van der Waals surface area contributed by atoms with Crippen LogP contribution in [0.4, 0.5) is 0 Å². The molecule has 1 atom stereocenters. The van der Waals surface area contributed by atoms with Gasteiger partial charge in [0, 0.05) is 6.04 Å². The SMILES string of the molecule is CC(C)(C)c1ccccc1C(CC1CCCCC1)NN. The van der Waals surface area contributed by atoms with Gasteiger partial charge in [-0.15, -0.1) is 0 Å². The van der Waals surface area contributed by atoms with E-state index >= 15 is 0 Å². The summed E-state index contributed by atoms with van der Waals surface area (Å²) in [6, 6.07) is 9.05. The molecule has 1 aromatic rings. The second-order valence-electron chi connectivity index (χ2n) is 7.30. The first kappa shape index (κ1) is 15.5. The molecule has 1 aliphatic rings. The highest BCUT2D eigenvalue weighted by Gasteiger charge is 2.24. The molecule has 2 heteroatoms. The van der Waals surface area contributed by atoms with Crippen molar-refractivity contribution < 1.29 is 0 Å². The Hall–Kier alpha value is -0.860. The molecule has 0 radical (unpaired) electrons. The lowest BCUT2D eigenvalue weighted by molar-refractivity contribution is 0.299. The van der Waals surface area contributed by atoms with E-state index < -0.39 is 0 Å². The Labute approximate surface area is 124 Å². The molecule has 2 nitrogen and oxygen atoms in total. The summed E-state index contributed by atoms with van der Waals surface area (Å²) in [7, 11) is 0. The van der Waals surface area contributed by atoms with E-state index in [9.17, 15) is 0 Å². The fourth-order valence-corrected chi connectivity index (χ4v) is 3.52. The first-order valence-corrected chi connectivity index (χ1v) is 8.08. The van der Waals surface area contributed by atoms with Gasteiger partial charge in [0.25, 0.3) is 0 Å². The van der Waals surface area contributed by atoms with Gasteiger partial charge in [0.2, 0.25) is 0 Å². The van der Waals surface area contributed by atoms with E-state index in [-0.39, 0.29) is 11.5 Å². The van der Waals surface area contributed by atoms with Crippen molar-refractivity contribution in [2.75, 3.05) is 0 Å². The molecule has 0 aliphatic heterocycles. The van der Waals surface area contributed by atoms with Crippen LogP contribution in [0.25, 0.3) is 0 Å². The number of benzene rings is 1. The minimum absolute atomic E-state index is 0.165. The normalized spacial score (nSPS) is 19.0. The number of nitrogens with one attached hydrogen (secondary N) is 1. The lowest BCUT2D eigenvalue weighted by Gasteiger charge is -2.30. The van der Waals surface area contributed by atoms with Crippen molar-refractivity contribution in [1.29, 1.82) is 0 Å². The topological polar surface area (TPSA) is 38.0 Å². The van der Waals surface area contributed by atoms with E-state index in [0.29, 0.717) is 0 Å². The molecular formula is C18H30N2. The zero-order valence-corrected chi connectivity index (χ0v) is 13.3. The predicted molar refractivity (Wildman–Crippen MR) is 86.4 cm³/mol. The van der Waals surface area contributed by atoms with E-state index in [1.807, 2.05) is 0 Å². The second kappa shape index (κ2) is 6.73. The predicted octanol–water partition coefficient (Wildman–Crippen LogP) is 4.46. The van der Waals surface area contributed by atoms with Crippen LogP contribution in [0.1, 0.15) is 76.5 Å². The van der Waals surface area contributed by atoms with Gasteiger partial charge in [-0.3, -0.25) is 11.3 Å². The molecule has 1 saturated carbocycles. The first-order valence-electron chi connectivity index (χ1n) is 8.08. The van der Waals surface area contributed by atoms with Crippen molar-refractivity contribution in [3.8, 4) is 0 Å². The molecule has 2 rings (SSSR count). The zero-order chi connectivity index (χ0) is 14.6. The van der Waals surface area contributed by atoms with E-state index in [4.69, 9.17) is 5.84 Å². The third-order valence-corrected chi connectivity index (χ3v) is 4.64. The summed E-state index contributed by atoms with van der Waals surface area (Å²) >= 11 is 0. The number of hydrazine groups is 1. The van der Waals surface area contributed by atoms with Crippen LogP contribution < -0.4 is 11.3 Å². The molecule has 1 fully saturated rings. The highest BCUT2D eigenvalue weighted by atomic mass is 15.2. The quantitative estimate of drug-likeness (QED) is 0.628. The minimum Gasteiger partial charge on any atom is -0.271 e. The Morgan fingerprint density at radius 1 is 1.15 bits per heavy atom.